The minimum atomic E-state index is -0.882. The van der Waals surface area contributed by atoms with E-state index in [9.17, 15) is 13.6 Å². The molecule has 2 rings (SSSR count). The highest BCUT2D eigenvalue weighted by molar-refractivity contribution is 7.98. The quantitative estimate of drug-likeness (QED) is 0.673. The molecule has 0 saturated heterocycles. The van der Waals surface area contributed by atoms with Gasteiger partial charge >= 0.3 is 0 Å². The van der Waals surface area contributed by atoms with E-state index < -0.39 is 17.5 Å². The first-order valence-electron chi connectivity index (χ1n) is 5.73. The van der Waals surface area contributed by atoms with E-state index in [1.807, 2.05) is 0 Å². The lowest BCUT2D eigenvalue weighted by atomic mass is 10.1. The van der Waals surface area contributed by atoms with E-state index in [1.165, 1.54) is 23.9 Å². The van der Waals surface area contributed by atoms with E-state index in [2.05, 4.69) is 0 Å². The van der Waals surface area contributed by atoms with Crippen molar-refractivity contribution in [1.29, 1.82) is 0 Å². The van der Waals surface area contributed by atoms with Crippen LogP contribution in [0.4, 0.5) is 14.5 Å². The summed E-state index contributed by atoms with van der Waals surface area (Å²) in [5, 5.41) is 0. The molecule has 0 spiro atoms. The van der Waals surface area contributed by atoms with Gasteiger partial charge in [-0.2, -0.15) is 0 Å². The molecule has 0 bridgehead atoms. The van der Waals surface area contributed by atoms with E-state index >= 15 is 0 Å². The standard InChI is InChI=1S/C14H12F2N2OS/c15-11-4-3-10(6-12(11)16)20-7-9-2-1-8(14(18)19)5-13(9)17/h1-6H,7,17H2,(H2,18,19). The fourth-order valence-electron chi connectivity index (χ4n) is 1.61. The Kier molecular flexibility index (Phi) is 4.24. The minimum absolute atomic E-state index is 0.337. The predicted molar refractivity (Wildman–Crippen MR) is 75.3 cm³/mol. The van der Waals surface area contributed by atoms with Crippen LogP contribution < -0.4 is 11.5 Å². The normalized spacial score (nSPS) is 10.5. The van der Waals surface area contributed by atoms with E-state index in [1.54, 1.807) is 12.1 Å². The van der Waals surface area contributed by atoms with Crippen LogP contribution in [0.5, 0.6) is 0 Å². The molecule has 0 radical (unpaired) electrons. The Labute approximate surface area is 119 Å². The Bertz CT molecular complexity index is 662. The zero-order valence-corrected chi connectivity index (χ0v) is 11.2. The van der Waals surface area contributed by atoms with Crippen molar-refractivity contribution < 1.29 is 13.6 Å². The van der Waals surface area contributed by atoms with Crippen LogP contribution in [0.1, 0.15) is 15.9 Å². The maximum absolute atomic E-state index is 13.1. The van der Waals surface area contributed by atoms with Crippen LogP contribution in [0.2, 0.25) is 0 Å². The molecule has 6 heteroatoms. The smallest absolute Gasteiger partial charge is 0.248 e. The Balaban J connectivity index is 2.10. The molecule has 0 aromatic heterocycles. The Morgan fingerprint density at radius 3 is 2.45 bits per heavy atom. The van der Waals surface area contributed by atoms with Gasteiger partial charge in [0.25, 0.3) is 0 Å². The van der Waals surface area contributed by atoms with Gasteiger partial charge in [0.15, 0.2) is 11.6 Å². The van der Waals surface area contributed by atoms with E-state index in [0.717, 1.165) is 17.7 Å². The first kappa shape index (κ1) is 14.3. The number of benzene rings is 2. The van der Waals surface area contributed by atoms with Crippen LogP contribution in [0.25, 0.3) is 0 Å². The second kappa shape index (κ2) is 5.92. The number of hydrogen-bond donors (Lipinski definition) is 2. The second-order valence-corrected chi connectivity index (χ2v) is 5.19. The highest BCUT2D eigenvalue weighted by Gasteiger charge is 2.07. The minimum Gasteiger partial charge on any atom is -0.398 e. The number of rotatable bonds is 4. The fraction of sp³-hybridized carbons (Fsp3) is 0.0714. The number of carbonyl (C=O) groups excluding carboxylic acids is 1. The summed E-state index contributed by atoms with van der Waals surface area (Å²) in [5.74, 6) is -1.82. The van der Waals surface area contributed by atoms with Crippen molar-refractivity contribution in [3.8, 4) is 0 Å². The molecular formula is C14H12F2N2OS. The summed E-state index contributed by atoms with van der Waals surface area (Å²) in [6.07, 6.45) is 0. The van der Waals surface area contributed by atoms with Gasteiger partial charge in [0, 0.05) is 21.9 Å². The number of halogens is 2. The summed E-state index contributed by atoms with van der Waals surface area (Å²) in [5.41, 5.74) is 12.5. The Hall–Kier alpha value is -2.08. The van der Waals surface area contributed by atoms with Gasteiger partial charge in [-0.05, 0) is 35.9 Å². The van der Waals surface area contributed by atoms with Gasteiger partial charge < -0.3 is 11.5 Å². The summed E-state index contributed by atoms with van der Waals surface area (Å²) >= 11 is 1.32. The van der Waals surface area contributed by atoms with Crippen LogP contribution in [0, 0.1) is 11.6 Å². The van der Waals surface area contributed by atoms with Gasteiger partial charge in [-0.15, -0.1) is 11.8 Å². The predicted octanol–water partition coefficient (Wildman–Crippen LogP) is 2.94. The number of nitrogen functional groups attached to an aromatic ring is 1. The molecule has 0 unspecified atom stereocenters. The lowest BCUT2D eigenvalue weighted by Crippen LogP contribution is -2.11. The number of primary amides is 1. The van der Waals surface area contributed by atoms with Crippen LogP contribution in [-0.2, 0) is 5.75 Å². The average Bonchev–Trinajstić information content (AvgIpc) is 2.41. The van der Waals surface area contributed by atoms with Crippen LogP contribution in [0.3, 0.4) is 0 Å². The lowest BCUT2D eigenvalue weighted by molar-refractivity contribution is 0.100. The summed E-state index contributed by atoms with van der Waals surface area (Å²) in [6.45, 7) is 0. The van der Waals surface area contributed by atoms with E-state index in [0.29, 0.717) is 21.9 Å². The van der Waals surface area contributed by atoms with Gasteiger partial charge in [0.1, 0.15) is 0 Å². The Morgan fingerprint density at radius 1 is 1.10 bits per heavy atom. The number of amides is 1. The molecule has 2 aromatic rings. The van der Waals surface area contributed by atoms with Gasteiger partial charge in [0.2, 0.25) is 5.91 Å². The van der Waals surface area contributed by atoms with Crippen molar-refractivity contribution in [1.82, 2.24) is 0 Å². The second-order valence-electron chi connectivity index (χ2n) is 4.14. The van der Waals surface area contributed by atoms with Crippen molar-refractivity contribution in [2.75, 3.05) is 5.73 Å². The molecule has 0 atom stereocenters. The molecule has 104 valence electrons. The maximum atomic E-state index is 13.1. The molecule has 0 fully saturated rings. The van der Waals surface area contributed by atoms with E-state index in [-0.39, 0.29) is 0 Å². The van der Waals surface area contributed by atoms with Crippen LogP contribution >= 0.6 is 11.8 Å². The highest BCUT2D eigenvalue weighted by atomic mass is 32.2. The average molecular weight is 294 g/mol. The number of hydrogen-bond acceptors (Lipinski definition) is 3. The largest absolute Gasteiger partial charge is 0.398 e. The zero-order chi connectivity index (χ0) is 14.7. The monoisotopic (exact) mass is 294 g/mol. The molecule has 0 heterocycles. The van der Waals surface area contributed by atoms with Crippen molar-refractivity contribution in [3.05, 3.63) is 59.2 Å². The SMILES string of the molecule is NC(=O)c1ccc(CSc2ccc(F)c(F)c2)c(N)c1. The van der Waals surface area contributed by atoms with Crippen LogP contribution in [-0.4, -0.2) is 5.91 Å². The first-order chi connectivity index (χ1) is 9.47. The molecule has 1 amide bonds. The zero-order valence-electron chi connectivity index (χ0n) is 10.4. The molecule has 3 nitrogen and oxygen atoms in total. The van der Waals surface area contributed by atoms with E-state index in [4.69, 9.17) is 11.5 Å². The van der Waals surface area contributed by atoms with Gasteiger partial charge in [-0.3, -0.25) is 4.79 Å². The van der Waals surface area contributed by atoms with Crippen molar-refractivity contribution in [3.63, 3.8) is 0 Å². The third-order valence-corrected chi connectivity index (χ3v) is 3.76. The Morgan fingerprint density at radius 2 is 1.85 bits per heavy atom. The van der Waals surface area contributed by atoms with Gasteiger partial charge in [0.05, 0.1) is 0 Å². The molecule has 0 saturated carbocycles. The summed E-state index contributed by atoms with van der Waals surface area (Å²) in [4.78, 5) is 11.6. The molecule has 0 aliphatic carbocycles. The lowest BCUT2D eigenvalue weighted by Gasteiger charge is -2.07. The van der Waals surface area contributed by atoms with Crippen LogP contribution in [0.15, 0.2) is 41.3 Å². The maximum Gasteiger partial charge on any atom is 0.248 e. The molecule has 2 aromatic carbocycles. The summed E-state index contributed by atoms with van der Waals surface area (Å²) in [7, 11) is 0. The van der Waals surface area contributed by atoms with Gasteiger partial charge in [-0.1, -0.05) is 6.07 Å². The number of carbonyl (C=O) groups is 1. The topological polar surface area (TPSA) is 69.1 Å². The van der Waals surface area contributed by atoms with Crippen molar-refractivity contribution in [2.45, 2.75) is 10.6 Å². The number of nitrogens with two attached hydrogens (primary N) is 2. The van der Waals surface area contributed by atoms with Gasteiger partial charge in [-0.25, -0.2) is 8.78 Å². The summed E-state index contributed by atoms with van der Waals surface area (Å²) in [6, 6.07) is 8.49. The third kappa shape index (κ3) is 3.27. The molecule has 0 aliphatic rings. The number of anilines is 1. The van der Waals surface area contributed by atoms with Crippen molar-refractivity contribution in [2.24, 2.45) is 5.73 Å². The number of thioether (sulfide) groups is 1. The molecule has 4 N–H and O–H groups in total. The first-order valence-corrected chi connectivity index (χ1v) is 6.72. The molecule has 0 aliphatic heterocycles. The molecule has 20 heavy (non-hydrogen) atoms. The summed E-state index contributed by atoms with van der Waals surface area (Å²) < 4.78 is 25.9. The fourth-order valence-corrected chi connectivity index (χ4v) is 2.54. The highest BCUT2D eigenvalue weighted by Crippen LogP contribution is 2.27. The molecular weight excluding hydrogens is 282 g/mol. The third-order valence-electron chi connectivity index (χ3n) is 2.72. The van der Waals surface area contributed by atoms with Crippen molar-refractivity contribution >= 4 is 23.4 Å².